The number of hydrogen-bond donors (Lipinski definition) is 0. The molecule has 0 aliphatic carbocycles. The number of hydrogen-bond acceptors (Lipinski definition) is 0. The first-order valence-corrected chi connectivity index (χ1v) is 4.78. The smallest absolute Gasteiger partial charge is 0.418 e. The summed E-state index contributed by atoms with van der Waals surface area (Å²) in [5.74, 6) is 0. The lowest BCUT2D eigenvalue weighted by molar-refractivity contribution is -0.137. The largest absolute Gasteiger partial charge is 0.673 e. The van der Waals surface area contributed by atoms with E-state index in [0.717, 1.165) is 15.7 Å². The lowest BCUT2D eigenvalue weighted by Gasteiger charge is -2.04. The first-order valence-electron chi connectivity index (χ1n) is 3.70. The van der Waals surface area contributed by atoms with Crippen LogP contribution in [0.5, 0.6) is 0 Å². The van der Waals surface area contributed by atoms with Gasteiger partial charge in [-0.05, 0) is 46.9 Å². The molecule has 0 aromatic heterocycles. The summed E-state index contributed by atoms with van der Waals surface area (Å²) in [6.45, 7) is 0. The van der Waals surface area contributed by atoms with Crippen LogP contribution < -0.4 is 0 Å². The maximum Gasteiger partial charge on any atom is 0.673 e. The van der Waals surface area contributed by atoms with Gasteiger partial charge in [0.2, 0.25) is 0 Å². The molecule has 0 heterocycles. The number of alkyl halides is 3. The molecule has 9 heteroatoms. The van der Waals surface area contributed by atoms with E-state index >= 15 is 0 Å². The van der Waals surface area contributed by atoms with Gasteiger partial charge in [-0.3, -0.25) is 0 Å². The summed E-state index contributed by atoms with van der Waals surface area (Å²) < 4.78 is 75.6. The van der Waals surface area contributed by atoms with Crippen LogP contribution in [-0.4, -0.2) is 7.25 Å². The average molecular weight is 359 g/mol. The monoisotopic (exact) mass is 359 g/mol. The molecule has 92 valence electrons. The lowest BCUT2D eigenvalue weighted by Crippen LogP contribution is -2.03. The third-order valence-electron chi connectivity index (χ3n) is 1.17. The zero-order valence-electron chi connectivity index (χ0n) is 7.41. The van der Waals surface area contributed by atoms with Crippen molar-refractivity contribution in [2.45, 2.75) is 6.18 Å². The maximum absolute atomic E-state index is 11.9. The van der Waals surface area contributed by atoms with Crippen molar-refractivity contribution in [1.82, 2.24) is 0 Å². The molecule has 0 saturated heterocycles. The minimum Gasteiger partial charge on any atom is -0.418 e. The molecule has 0 bridgehead atoms. The maximum atomic E-state index is 11.9. The number of benzene rings is 1. The molecule has 0 aliphatic heterocycles. The van der Waals surface area contributed by atoms with Gasteiger partial charge in [-0.2, -0.15) is 13.2 Å². The van der Waals surface area contributed by atoms with Crippen LogP contribution in [0.15, 0.2) is 24.3 Å². The Kier molecular flexibility index (Phi) is 5.56. The summed E-state index contributed by atoms with van der Waals surface area (Å²) in [5.41, 5.74) is -0.599. The van der Waals surface area contributed by atoms with Crippen molar-refractivity contribution in [2.24, 2.45) is 0 Å². The van der Waals surface area contributed by atoms with E-state index < -0.39 is 19.0 Å². The number of rotatable bonds is 0. The van der Waals surface area contributed by atoms with Gasteiger partial charge in [-0.15, -0.1) is 0 Å². The van der Waals surface area contributed by atoms with Gasteiger partial charge in [0, 0.05) is 3.57 Å². The van der Waals surface area contributed by atoms with E-state index in [1.807, 2.05) is 22.6 Å². The first-order chi connectivity index (χ1) is 7.00. The fourth-order valence-electron chi connectivity index (χ4n) is 0.639. The van der Waals surface area contributed by atoms with E-state index in [0.29, 0.717) is 0 Å². The van der Waals surface area contributed by atoms with E-state index in [1.54, 1.807) is 0 Å². The van der Waals surface area contributed by atoms with E-state index in [-0.39, 0.29) is 0 Å². The van der Waals surface area contributed by atoms with Crippen LogP contribution in [0.2, 0.25) is 0 Å². The Hall–Kier alpha value is -0.475. The second-order valence-corrected chi connectivity index (χ2v) is 3.75. The zero-order valence-corrected chi connectivity index (χ0v) is 9.57. The zero-order chi connectivity index (χ0) is 13.0. The first kappa shape index (κ1) is 15.5. The highest BCUT2D eigenvalue weighted by Crippen LogP contribution is 2.29. The Labute approximate surface area is 100 Å². The molecule has 0 N–H and O–H groups in total. The molecule has 1 aromatic rings. The molecule has 16 heavy (non-hydrogen) atoms. The molecule has 0 fully saturated rings. The second-order valence-electron chi connectivity index (χ2n) is 2.50. The molecule has 1 aromatic carbocycles. The summed E-state index contributed by atoms with van der Waals surface area (Å²) in [4.78, 5) is 0. The molecule has 0 spiro atoms. The molecule has 0 aliphatic rings. The van der Waals surface area contributed by atoms with Gasteiger partial charge in [0.25, 0.3) is 0 Å². The van der Waals surface area contributed by atoms with Gasteiger partial charge < -0.3 is 17.3 Å². The SMILES string of the molecule is FC(F)(F)c1ccc(I)cc1.F[B-](F)(F)F. The summed E-state index contributed by atoms with van der Waals surface area (Å²) in [6.07, 6.45) is -4.22. The van der Waals surface area contributed by atoms with Crippen LogP contribution in [0, 0.1) is 3.57 Å². The van der Waals surface area contributed by atoms with Gasteiger partial charge in [0.15, 0.2) is 0 Å². The lowest BCUT2D eigenvalue weighted by atomic mass is 10.2. The predicted octanol–water partition coefficient (Wildman–Crippen LogP) is 4.61. The highest BCUT2D eigenvalue weighted by Gasteiger charge is 2.29. The van der Waals surface area contributed by atoms with Crippen molar-refractivity contribution in [2.75, 3.05) is 0 Å². The van der Waals surface area contributed by atoms with Gasteiger partial charge >= 0.3 is 13.4 Å². The Morgan fingerprint density at radius 3 is 1.44 bits per heavy atom. The second kappa shape index (κ2) is 5.73. The minimum absolute atomic E-state index is 0.599. The minimum atomic E-state index is -6.00. The fourth-order valence-corrected chi connectivity index (χ4v) is 0.998. The summed E-state index contributed by atoms with van der Waals surface area (Å²) in [7, 11) is -6.00. The van der Waals surface area contributed by atoms with Crippen LogP contribution in [0.1, 0.15) is 5.56 Å². The molecule has 0 saturated carbocycles. The van der Waals surface area contributed by atoms with Crippen molar-refractivity contribution in [3.8, 4) is 0 Å². The van der Waals surface area contributed by atoms with Crippen LogP contribution >= 0.6 is 22.6 Å². The predicted molar refractivity (Wildman–Crippen MR) is 54.3 cm³/mol. The highest BCUT2D eigenvalue weighted by atomic mass is 127. The van der Waals surface area contributed by atoms with E-state index in [9.17, 15) is 30.4 Å². The summed E-state index contributed by atoms with van der Waals surface area (Å²) >= 11 is 1.96. The van der Waals surface area contributed by atoms with E-state index in [2.05, 4.69) is 0 Å². The molecule has 0 atom stereocenters. The van der Waals surface area contributed by atoms with Gasteiger partial charge in [-0.1, -0.05) is 0 Å². The number of halogens is 8. The Morgan fingerprint density at radius 1 is 0.875 bits per heavy atom. The summed E-state index contributed by atoms with van der Waals surface area (Å²) in [5, 5.41) is 0. The van der Waals surface area contributed by atoms with Crippen LogP contribution in [0.4, 0.5) is 30.4 Å². The van der Waals surface area contributed by atoms with Crippen LogP contribution in [-0.2, 0) is 6.18 Å². The van der Waals surface area contributed by atoms with Gasteiger partial charge in [0.05, 0.1) is 5.56 Å². The van der Waals surface area contributed by atoms with Gasteiger partial charge in [-0.25, -0.2) is 0 Å². The Balaban J connectivity index is 0.000000385. The third kappa shape index (κ3) is 8.80. The molecule has 0 radical (unpaired) electrons. The van der Waals surface area contributed by atoms with Crippen molar-refractivity contribution < 1.29 is 30.4 Å². The van der Waals surface area contributed by atoms with Crippen LogP contribution in [0.25, 0.3) is 0 Å². The molecule has 0 unspecified atom stereocenters. The highest BCUT2D eigenvalue weighted by molar-refractivity contribution is 14.1. The Morgan fingerprint density at radius 2 is 1.19 bits per heavy atom. The Bertz CT molecular complexity index is 309. The van der Waals surface area contributed by atoms with Crippen LogP contribution in [0.3, 0.4) is 0 Å². The fraction of sp³-hybridized carbons (Fsp3) is 0.143. The standard InChI is InChI=1S/C7H4F3I.BF4/c8-7(9,10)5-1-3-6(11)4-2-5;2-1(3,4)5/h1-4H;/q;-1. The molecular formula is C7H4BF7I-. The molecule has 0 amide bonds. The molecule has 1 rings (SSSR count). The average Bonchev–Trinajstić information content (AvgIpc) is 1.99. The molecule has 0 nitrogen and oxygen atoms in total. The van der Waals surface area contributed by atoms with E-state index in [1.165, 1.54) is 12.1 Å². The third-order valence-corrected chi connectivity index (χ3v) is 1.89. The van der Waals surface area contributed by atoms with Crippen molar-refractivity contribution >= 4 is 29.8 Å². The van der Waals surface area contributed by atoms with Gasteiger partial charge in [0.1, 0.15) is 0 Å². The quantitative estimate of drug-likeness (QED) is 0.361. The van der Waals surface area contributed by atoms with E-state index in [4.69, 9.17) is 0 Å². The normalized spacial score (nSPS) is 11.8. The van der Waals surface area contributed by atoms with Crippen molar-refractivity contribution in [3.05, 3.63) is 33.4 Å². The van der Waals surface area contributed by atoms with Crippen molar-refractivity contribution in [3.63, 3.8) is 0 Å². The summed E-state index contributed by atoms with van der Waals surface area (Å²) in [6, 6.07) is 5.01. The van der Waals surface area contributed by atoms with Crippen molar-refractivity contribution in [1.29, 1.82) is 0 Å². The topological polar surface area (TPSA) is 0 Å². The molecular weight excluding hydrogens is 355 g/mol.